The number of amides is 2. The van der Waals surface area contributed by atoms with Gasteiger partial charge in [0.05, 0.1) is 11.6 Å². The van der Waals surface area contributed by atoms with Crippen LogP contribution in [0.15, 0.2) is 104 Å². The van der Waals surface area contributed by atoms with Crippen LogP contribution in [0.3, 0.4) is 0 Å². The van der Waals surface area contributed by atoms with E-state index in [1.165, 1.54) is 5.56 Å². The van der Waals surface area contributed by atoms with Gasteiger partial charge in [-0.1, -0.05) is 44.0 Å². The van der Waals surface area contributed by atoms with E-state index in [2.05, 4.69) is 70.3 Å². The van der Waals surface area contributed by atoms with E-state index in [0.717, 1.165) is 88.5 Å². The summed E-state index contributed by atoms with van der Waals surface area (Å²) >= 11 is 6.88. The molecule has 1 saturated heterocycles. The van der Waals surface area contributed by atoms with Crippen LogP contribution in [-0.2, 0) is 6.42 Å². The summed E-state index contributed by atoms with van der Waals surface area (Å²) in [5.41, 5.74) is 6.55. The number of aryl methyl sites for hydroxylation is 1. The molecule has 2 aromatic heterocycles. The molecule has 1 aliphatic heterocycles. The standard InChI is InChI=1S/C39H33Br2N5O3/c40-29-9-5-26(6-10-29)36-33-22-31(13-15-35(33)49-37(36)39(48)44-38(47)27-7-11-30(41)12-8-27)46-19-17-45(18-20-46)16-2-1-3-28-24-43-34-14-4-25(23-42)21-32(28)34/h4-15,21-22,24,43H,1-3,16-20H2,(H,44,47,48). The van der Waals surface area contributed by atoms with Crippen LogP contribution in [0.25, 0.3) is 33.0 Å². The Morgan fingerprint density at radius 2 is 1.57 bits per heavy atom. The number of aromatic nitrogens is 1. The third-order valence-corrected chi connectivity index (χ3v) is 10.2. The third kappa shape index (κ3) is 7.20. The Kier molecular flexibility index (Phi) is 9.67. The minimum Gasteiger partial charge on any atom is -0.450 e. The number of carbonyl (C=O) groups is 2. The number of hydrogen-bond acceptors (Lipinski definition) is 6. The Bertz CT molecular complexity index is 2190. The Morgan fingerprint density at radius 3 is 2.31 bits per heavy atom. The van der Waals surface area contributed by atoms with Crippen molar-refractivity contribution in [3.63, 3.8) is 0 Å². The number of nitrogens with one attached hydrogen (secondary N) is 2. The van der Waals surface area contributed by atoms with Gasteiger partial charge in [-0.2, -0.15) is 5.26 Å². The maximum Gasteiger partial charge on any atom is 0.294 e. The van der Waals surface area contributed by atoms with E-state index in [1.54, 1.807) is 24.3 Å². The summed E-state index contributed by atoms with van der Waals surface area (Å²) in [7, 11) is 0. The van der Waals surface area contributed by atoms with E-state index in [-0.39, 0.29) is 5.76 Å². The number of anilines is 1. The number of benzene rings is 4. The fourth-order valence-corrected chi connectivity index (χ4v) is 7.04. The highest BCUT2D eigenvalue weighted by molar-refractivity contribution is 9.10. The van der Waals surface area contributed by atoms with E-state index < -0.39 is 11.8 Å². The topological polar surface area (TPSA) is 105 Å². The monoisotopic (exact) mass is 777 g/mol. The number of nitrogens with zero attached hydrogens (tertiary/aromatic N) is 3. The van der Waals surface area contributed by atoms with Gasteiger partial charge in [0, 0.05) is 74.4 Å². The highest BCUT2D eigenvalue weighted by atomic mass is 79.9. The van der Waals surface area contributed by atoms with Crippen molar-refractivity contribution >= 4 is 71.2 Å². The Labute approximate surface area is 300 Å². The minimum atomic E-state index is -0.589. The van der Waals surface area contributed by atoms with Gasteiger partial charge in [0.1, 0.15) is 5.58 Å². The second-order valence-electron chi connectivity index (χ2n) is 12.3. The normalized spacial score (nSPS) is 13.5. The number of aromatic amines is 1. The highest BCUT2D eigenvalue weighted by Gasteiger charge is 2.25. The Balaban J connectivity index is 1.02. The van der Waals surface area contributed by atoms with Crippen LogP contribution in [-0.4, -0.2) is 54.4 Å². The molecular formula is C39H33Br2N5O3. The quantitative estimate of drug-likeness (QED) is 0.112. The molecule has 2 amide bonds. The minimum absolute atomic E-state index is 0.0999. The van der Waals surface area contributed by atoms with Crippen LogP contribution in [0.1, 0.15) is 44.9 Å². The first-order chi connectivity index (χ1) is 23.9. The van der Waals surface area contributed by atoms with Gasteiger partial charge in [-0.25, -0.2) is 0 Å². The van der Waals surface area contributed by atoms with Gasteiger partial charge < -0.3 is 14.3 Å². The number of furan rings is 1. The molecule has 3 heterocycles. The molecule has 0 radical (unpaired) electrons. The van der Waals surface area contributed by atoms with Gasteiger partial charge >= 0.3 is 0 Å². The zero-order valence-corrected chi connectivity index (χ0v) is 29.8. The van der Waals surface area contributed by atoms with Crippen molar-refractivity contribution in [2.45, 2.75) is 19.3 Å². The van der Waals surface area contributed by atoms with Crippen molar-refractivity contribution < 1.29 is 14.0 Å². The molecule has 0 unspecified atom stereocenters. The van der Waals surface area contributed by atoms with Crippen molar-refractivity contribution in [2.24, 2.45) is 0 Å². The zero-order valence-electron chi connectivity index (χ0n) is 26.6. The molecule has 0 aliphatic carbocycles. The highest BCUT2D eigenvalue weighted by Crippen LogP contribution is 2.38. The number of carbonyl (C=O) groups excluding carboxylic acids is 2. The van der Waals surface area contributed by atoms with Crippen molar-refractivity contribution in [2.75, 3.05) is 37.6 Å². The van der Waals surface area contributed by atoms with Crippen LogP contribution in [0.2, 0.25) is 0 Å². The van der Waals surface area contributed by atoms with E-state index >= 15 is 0 Å². The largest absolute Gasteiger partial charge is 0.450 e. The van der Waals surface area contributed by atoms with Gasteiger partial charge in [-0.3, -0.25) is 19.8 Å². The third-order valence-electron chi connectivity index (χ3n) is 9.15. The van der Waals surface area contributed by atoms with Crippen LogP contribution in [0.4, 0.5) is 5.69 Å². The predicted octanol–water partition coefficient (Wildman–Crippen LogP) is 8.69. The molecule has 4 aromatic carbocycles. The first-order valence-corrected chi connectivity index (χ1v) is 17.9. The molecule has 246 valence electrons. The first kappa shape index (κ1) is 32.8. The smallest absolute Gasteiger partial charge is 0.294 e. The number of piperazine rings is 1. The average Bonchev–Trinajstić information content (AvgIpc) is 3.72. The lowest BCUT2D eigenvalue weighted by atomic mass is 10.0. The molecule has 6 aromatic rings. The second kappa shape index (κ2) is 14.4. The molecule has 1 aliphatic rings. The maximum atomic E-state index is 13.5. The molecule has 0 spiro atoms. The van der Waals surface area contributed by atoms with E-state index in [0.29, 0.717) is 22.3 Å². The summed E-state index contributed by atoms with van der Waals surface area (Å²) < 4.78 is 7.92. The number of nitriles is 1. The molecule has 8 nitrogen and oxygen atoms in total. The molecule has 0 atom stereocenters. The number of H-pyrrole nitrogens is 1. The van der Waals surface area contributed by atoms with Gasteiger partial charge in [0.15, 0.2) is 0 Å². The average molecular weight is 780 g/mol. The molecule has 2 N–H and O–H groups in total. The van der Waals surface area contributed by atoms with Crippen molar-refractivity contribution in [1.82, 2.24) is 15.2 Å². The summed E-state index contributed by atoms with van der Waals surface area (Å²) in [4.78, 5) is 34.7. The number of rotatable bonds is 9. The SMILES string of the molecule is N#Cc1ccc2[nH]cc(CCCCN3CCN(c4ccc5oc(C(=O)NC(=O)c6ccc(Br)cc6)c(-c6ccc(Br)cc6)c5c4)CC3)c2c1. The van der Waals surface area contributed by atoms with E-state index in [4.69, 9.17) is 4.42 Å². The predicted molar refractivity (Wildman–Crippen MR) is 200 cm³/mol. The molecule has 10 heteroatoms. The summed E-state index contributed by atoms with van der Waals surface area (Å²) in [6.07, 6.45) is 5.25. The number of unbranched alkanes of at least 4 members (excludes halogenated alkanes) is 1. The number of imide groups is 1. The van der Waals surface area contributed by atoms with Crippen molar-refractivity contribution in [3.8, 4) is 17.2 Å². The fourth-order valence-electron chi connectivity index (χ4n) is 6.51. The zero-order chi connectivity index (χ0) is 33.9. The van der Waals surface area contributed by atoms with Gasteiger partial charge in [-0.15, -0.1) is 0 Å². The maximum absolute atomic E-state index is 13.5. The molecule has 0 saturated carbocycles. The van der Waals surface area contributed by atoms with Crippen molar-refractivity contribution in [1.29, 1.82) is 5.26 Å². The lowest BCUT2D eigenvalue weighted by molar-refractivity contribution is 0.0834. The second-order valence-corrected chi connectivity index (χ2v) is 14.1. The molecule has 7 rings (SSSR count). The van der Waals surface area contributed by atoms with Crippen LogP contribution < -0.4 is 10.2 Å². The molecule has 49 heavy (non-hydrogen) atoms. The molecule has 1 fully saturated rings. The Hall–Kier alpha value is -4.69. The first-order valence-electron chi connectivity index (χ1n) is 16.3. The summed E-state index contributed by atoms with van der Waals surface area (Å²) in [5.74, 6) is -0.984. The van der Waals surface area contributed by atoms with Crippen molar-refractivity contribution in [3.05, 3.63) is 123 Å². The lowest BCUT2D eigenvalue weighted by Crippen LogP contribution is -2.46. The summed E-state index contributed by atoms with van der Waals surface area (Å²) in [6, 6.07) is 28.7. The van der Waals surface area contributed by atoms with Gasteiger partial charge in [0.2, 0.25) is 5.76 Å². The number of halogens is 2. The van der Waals surface area contributed by atoms with E-state index in [9.17, 15) is 14.9 Å². The van der Waals surface area contributed by atoms with Crippen LogP contribution in [0, 0.1) is 11.3 Å². The lowest BCUT2D eigenvalue weighted by Gasteiger charge is -2.36. The molecular weight excluding hydrogens is 746 g/mol. The summed E-state index contributed by atoms with van der Waals surface area (Å²) in [6.45, 7) is 4.77. The van der Waals surface area contributed by atoms with E-state index in [1.807, 2.05) is 54.6 Å². The number of hydrogen-bond donors (Lipinski definition) is 2. The fraction of sp³-hybridized carbons (Fsp3) is 0.205. The number of fused-ring (bicyclic) bond motifs is 2. The van der Waals surface area contributed by atoms with Gasteiger partial charge in [-0.05, 0) is 110 Å². The van der Waals surface area contributed by atoms with Gasteiger partial charge in [0.25, 0.3) is 11.8 Å². The van der Waals surface area contributed by atoms with Crippen LogP contribution >= 0.6 is 31.9 Å². The summed E-state index contributed by atoms with van der Waals surface area (Å²) in [5, 5.41) is 13.8. The van der Waals surface area contributed by atoms with Crippen LogP contribution in [0.5, 0.6) is 0 Å². The molecule has 0 bridgehead atoms. The Morgan fingerprint density at radius 1 is 0.837 bits per heavy atom.